The number of aromatic nitrogens is 1. The predicted molar refractivity (Wildman–Crippen MR) is 168 cm³/mol. The number of imide groups is 1. The zero-order chi connectivity index (χ0) is 36.1. The van der Waals surface area contributed by atoms with Gasteiger partial charge < -0.3 is 9.26 Å². The Morgan fingerprint density at radius 1 is 1.02 bits per heavy atom. The Bertz CT molecular complexity index is 2120. The average molecular weight is 714 g/mol. The molecule has 2 aromatic carbocycles. The normalized spacial score (nSPS) is 17.5. The third-order valence-electron chi connectivity index (χ3n) is 8.60. The number of alkyl halides is 3. The molecule has 0 unspecified atom stereocenters. The molecule has 3 amide bonds. The van der Waals surface area contributed by atoms with E-state index >= 15 is 0 Å². The molecule has 11 nitrogen and oxygen atoms in total. The molecule has 0 atom stereocenters. The van der Waals surface area contributed by atoms with E-state index < -0.39 is 49.9 Å². The van der Waals surface area contributed by atoms with Crippen LogP contribution in [0.1, 0.15) is 71.7 Å². The molecule has 0 saturated heterocycles. The van der Waals surface area contributed by atoms with Gasteiger partial charge in [-0.05, 0) is 62.8 Å². The van der Waals surface area contributed by atoms with Crippen molar-refractivity contribution in [3.8, 4) is 18.1 Å². The first-order valence-corrected chi connectivity index (χ1v) is 17.2. The van der Waals surface area contributed by atoms with Crippen LogP contribution < -0.4 is 14.5 Å². The van der Waals surface area contributed by atoms with E-state index in [2.05, 4.69) is 11.1 Å². The number of sulfone groups is 1. The number of halogens is 4. The van der Waals surface area contributed by atoms with Gasteiger partial charge >= 0.3 is 6.18 Å². The predicted octanol–water partition coefficient (Wildman–Crippen LogP) is 5.13. The first-order chi connectivity index (χ1) is 23.6. The van der Waals surface area contributed by atoms with Crippen LogP contribution in [-0.4, -0.2) is 56.5 Å². The minimum Gasteiger partial charge on any atom is -0.481 e. The Morgan fingerprint density at radius 3 is 2.26 bits per heavy atom. The topological polar surface area (TPSA) is 144 Å². The zero-order valence-corrected chi connectivity index (χ0v) is 27.1. The molecule has 0 spiro atoms. The van der Waals surface area contributed by atoms with Gasteiger partial charge in [-0.3, -0.25) is 24.1 Å². The number of amides is 3. The van der Waals surface area contributed by atoms with Crippen LogP contribution in [0, 0.1) is 18.2 Å². The summed E-state index contributed by atoms with van der Waals surface area (Å²) >= 11 is 0. The van der Waals surface area contributed by atoms with Crippen LogP contribution in [0.4, 0.5) is 28.9 Å². The van der Waals surface area contributed by atoms with E-state index in [4.69, 9.17) is 15.7 Å². The number of benzene rings is 2. The maximum Gasteiger partial charge on any atom is 0.416 e. The van der Waals surface area contributed by atoms with Crippen LogP contribution in [0.5, 0.6) is 5.75 Å². The van der Waals surface area contributed by atoms with Crippen molar-refractivity contribution >= 4 is 44.7 Å². The zero-order valence-electron chi connectivity index (χ0n) is 26.3. The summed E-state index contributed by atoms with van der Waals surface area (Å²) in [5, 5.41) is 3.55. The molecule has 0 radical (unpaired) electrons. The molecule has 3 aromatic rings. The Hall–Kier alpha value is -5.30. The summed E-state index contributed by atoms with van der Waals surface area (Å²) < 4.78 is 87.2. The van der Waals surface area contributed by atoms with E-state index in [1.807, 2.05) is 0 Å². The Morgan fingerprint density at radius 2 is 1.68 bits per heavy atom. The van der Waals surface area contributed by atoms with Crippen molar-refractivity contribution < 1.29 is 54.4 Å². The minimum atomic E-state index is -4.71. The fourth-order valence-corrected chi connectivity index (χ4v) is 6.90. The first kappa shape index (κ1) is 34.6. The average Bonchev–Trinajstić information content (AvgIpc) is 3.74. The third kappa shape index (κ3) is 6.40. The summed E-state index contributed by atoms with van der Waals surface area (Å²) in [7, 11) is -4.04. The number of rotatable bonds is 6. The number of ether oxygens (including phenoxy) is 1. The second-order valence-corrected chi connectivity index (χ2v) is 14.0. The van der Waals surface area contributed by atoms with Crippen molar-refractivity contribution in [2.45, 2.75) is 55.5 Å². The first-order valence-electron chi connectivity index (χ1n) is 15.3. The van der Waals surface area contributed by atoms with Gasteiger partial charge in [0, 0.05) is 34.9 Å². The SMILES string of the molecule is C#CCN1C(=O)COc2cc(F)c(N3C(=O)C4=C(CCCC4)C3=O)cc21.CS(=O)(=O)c1cc(C(F)(F)F)ccc1C(=O)c1cnoc1C1CC1. The van der Waals surface area contributed by atoms with E-state index in [1.54, 1.807) is 0 Å². The molecule has 3 heterocycles. The molecule has 16 heteroatoms. The monoisotopic (exact) mass is 713 g/mol. The van der Waals surface area contributed by atoms with Gasteiger partial charge in [-0.2, -0.15) is 13.2 Å². The fourth-order valence-electron chi connectivity index (χ4n) is 6.00. The molecule has 0 bridgehead atoms. The highest BCUT2D eigenvalue weighted by Crippen LogP contribution is 2.43. The van der Waals surface area contributed by atoms with Crippen LogP contribution in [0.3, 0.4) is 0 Å². The molecule has 1 saturated carbocycles. The Labute approximate surface area is 282 Å². The van der Waals surface area contributed by atoms with Gasteiger partial charge in [0.2, 0.25) is 0 Å². The summed E-state index contributed by atoms with van der Waals surface area (Å²) in [6.45, 7) is -0.262. The molecular weight excluding hydrogens is 686 g/mol. The number of carbonyl (C=O) groups is 4. The van der Waals surface area contributed by atoms with Crippen LogP contribution in [0.2, 0.25) is 0 Å². The maximum atomic E-state index is 14.7. The van der Waals surface area contributed by atoms with E-state index in [0.717, 1.165) is 49.0 Å². The van der Waals surface area contributed by atoms with Crippen LogP contribution in [0.25, 0.3) is 0 Å². The third-order valence-corrected chi connectivity index (χ3v) is 9.73. The van der Waals surface area contributed by atoms with Gasteiger partial charge in [0.1, 0.15) is 5.75 Å². The smallest absolute Gasteiger partial charge is 0.416 e. The summed E-state index contributed by atoms with van der Waals surface area (Å²) in [6.07, 6.45) is 6.87. The largest absolute Gasteiger partial charge is 0.481 e. The molecule has 2 aliphatic heterocycles. The Kier molecular flexibility index (Phi) is 8.89. The molecule has 260 valence electrons. The highest BCUT2D eigenvalue weighted by Gasteiger charge is 2.42. The van der Waals surface area contributed by atoms with E-state index in [1.165, 1.54) is 17.2 Å². The van der Waals surface area contributed by atoms with Gasteiger partial charge in [0.05, 0.1) is 40.1 Å². The molecular formula is C34H27F4N3O8S. The minimum absolute atomic E-state index is 0.0170. The number of anilines is 2. The van der Waals surface area contributed by atoms with E-state index in [9.17, 15) is 45.2 Å². The summed E-state index contributed by atoms with van der Waals surface area (Å²) in [5.74, 6) is 0.0810. The lowest BCUT2D eigenvalue weighted by Crippen LogP contribution is -2.39. The standard InChI is InChI=1S/C19H15FN2O4.C15H12F3NO4S/c1-2-7-21-15-9-14(13(20)8-16(15)26-10-17(21)23)22-18(24)11-5-3-4-6-12(11)19(22)25;1-24(21,22)12-6-9(15(16,17)18)4-5-10(12)13(20)11-7-19-23-14(11)8-2-3-8/h1,8-9H,3-7,10H2;4-8H,2-3H2,1H3. The highest BCUT2D eigenvalue weighted by molar-refractivity contribution is 7.90. The number of hydrogen-bond donors (Lipinski definition) is 0. The van der Waals surface area contributed by atoms with Gasteiger partial charge in [-0.25, -0.2) is 17.7 Å². The molecule has 7 rings (SSSR count). The second kappa shape index (κ2) is 12.9. The fraction of sp³-hybridized carbons (Fsp3) is 0.324. The number of fused-ring (bicyclic) bond motifs is 1. The number of terminal acetylenes is 1. The molecule has 1 fully saturated rings. The molecule has 0 N–H and O–H groups in total. The maximum absolute atomic E-state index is 14.7. The van der Waals surface area contributed by atoms with Gasteiger partial charge in [-0.1, -0.05) is 11.1 Å². The number of ketones is 1. The molecule has 2 aliphatic carbocycles. The summed E-state index contributed by atoms with van der Waals surface area (Å²) in [5.41, 5.74) is -0.378. The highest BCUT2D eigenvalue weighted by atomic mass is 32.2. The van der Waals surface area contributed by atoms with E-state index in [0.29, 0.717) is 41.9 Å². The van der Waals surface area contributed by atoms with Crippen molar-refractivity contribution in [2.75, 3.05) is 29.2 Å². The van der Waals surface area contributed by atoms with E-state index in [-0.39, 0.29) is 53.2 Å². The second-order valence-electron chi connectivity index (χ2n) is 12.0. The molecule has 4 aliphatic rings. The van der Waals surface area contributed by atoms with Crippen molar-refractivity contribution in [1.82, 2.24) is 5.16 Å². The van der Waals surface area contributed by atoms with Crippen LogP contribution in [0.15, 0.2) is 57.1 Å². The lowest BCUT2D eigenvalue weighted by molar-refractivity contribution is -0.137. The summed E-state index contributed by atoms with van der Waals surface area (Å²) in [4.78, 5) is 51.5. The number of carbonyl (C=O) groups excluding carboxylic acids is 4. The quantitative estimate of drug-likeness (QED) is 0.147. The van der Waals surface area contributed by atoms with Crippen molar-refractivity contribution in [3.05, 3.63) is 75.9 Å². The van der Waals surface area contributed by atoms with Crippen LogP contribution >= 0.6 is 0 Å². The van der Waals surface area contributed by atoms with Gasteiger partial charge in [0.25, 0.3) is 17.7 Å². The van der Waals surface area contributed by atoms with Crippen molar-refractivity contribution in [1.29, 1.82) is 0 Å². The van der Waals surface area contributed by atoms with Gasteiger partial charge in [-0.15, -0.1) is 6.42 Å². The van der Waals surface area contributed by atoms with Crippen molar-refractivity contribution in [3.63, 3.8) is 0 Å². The van der Waals surface area contributed by atoms with Crippen LogP contribution in [-0.2, 0) is 30.4 Å². The molecule has 1 aromatic heterocycles. The number of hydrogen-bond acceptors (Lipinski definition) is 9. The van der Waals surface area contributed by atoms with Gasteiger partial charge in [0.15, 0.2) is 33.8 Å². The lowest BCUT2D eigenvalue weighted by atomic mass is 9.93. The van der Waals surface area contributed by atoms with Crippen molar-refractivity contribution in [2.24, 2.45) is 0 Å². The number of nitrogens with zero attached hydrogens (tertiary/aromatic N) is 3. The summed E-state index contributed by atoms with van der Waals surface area (Å²) in [6, 6.07) is 4.41. The molecule has 50 heavy (non-hydrogen) atoms. The lowest BCUT2D eigenvalue weighted by Gasteiger charge is -2.29. The Balaban J connectivity index is 0.000000174.